The Labute approximate surface area is 303 Å². The molecule has 4 heterocycles. The van der Waals surface area contributed by atoms with E-state index in [1.165, 1.54) is 64.2 Å². The van der Waals surface area contributed by atoms with Crippen LogP contribution in [0.5, 0.6) is 0 Å². The third kappa shape index (κ3) is 3.96. The maximum absolute atomic E-state index is 6.41. The number of allylic oxidation sites excluding steroid dienone is 1. The van der Waals surface area contributed by atoms with Gasteiger partial charge in [-0.15, -0.1) is 11.3 Å². The van der Waals surface area contributed by atoms with E-state index in [0.29, 0.717) is 5.92 Å². The summed E-state index contributed by atoms with van der Waals surface area (Å²) in [4.78, 5) is 3.78. The molecule has 0 bridgehead atoms. The van der Waals surface area contributed by atoms with Crippen LogP contribution in [0.15, 0.2) is 162 Å². The van der Waals surface area contributed by atoms with E-state index in [1.807, 2.05) is 23.5 Å². The topological polar surface area (TPSA) is 20.8 Å². The first-order chi connectivity index (χ1) is 25.8. The van der Waals surface area contributed by atoms with Crippen LogP contribution in [0, 0.1) is 0 Å². The van der Waals surface area contributed by atoms with E-state index in [0.717, 1.165) is 45.4 Å². The van der Waals surface area contributed by atoms with Crippen LogP contribution in [-0.4, -0.2) is 4.40 Å². The molecule has 0 radical (unpaired) electrons. The van der Waals surface area contributed by atoms with Crippen LogP contribution in [0.4, 0.5) is 17.1 Å². The van der Waals surface area contributed by atoms with Gasteiger partial charge in [0.25, 0.3) is 0 Å². The smallest absolute Gasteiger partial charge is 0.137 e. The summed E-state index contributed by atoms with van der Waals surface area (Å²) < 4.78 is 10.2. The van der Waals surface area contributed by atoms with Gasteiger partial charge in [0.15, 0.2) is 0 Å². The summed E-state index contributed by atoms with van der Waals surface area (Å²) in [5.74, 6) is 0.338. The summed E-state index contributed by atoms with van der Waals surface area (Å²) in [6.07, 6.45) is 5.74. The van der Waals surface area contributed by atoms with E-state index in [1.54, 1.807) is 0 Å². The predicted molar refractivity (Wildman–Crippen MR) is 220 cm³/mol. The number of hydrogen-bond acceptors (Lipinski definition) is 3. The van der Waals surface area contributed by atoms with Gasteiger partial charge < -0.3 is 13.7 Å². The van der Waals surface area contributed by atoms with Crippen molar-refractivity contribution in [3.8, 4) is 0 Å². The number of fused-ring (bicyclic) bond motifs is 12. The molecule has 1 unspecified atom stereocenters. The second-order valence-corrected chi connectivity index (χ2v) is 15.2. The SMILES string of the molecule is C1=CC(c2ccc(N(c3ccc4c(c3)oc3ccccc34)c3ccc4c(c3)c3cccc5c6ccccc6n4c53)cc2)Cc2c1sc1ccccc21. The number of aromatic nitrogens is 1. The molecule has 4 aromatic heterocycles. The molecule has 0 saturated carbocycles. The third-order valence-electron chi connectivity index (χ3n) is 11.3. The standard InChI is InChI=1S/C48H30N2OS/c1-4-13-42-34(8-1)38-11-7-12-39-40-27-32(22-24-43(40)50(42)48(38)39)49(33-21-23-36-35-9-2-5-14-44(35)51-45(36)28-33)31-19-16-29(17-20-31)30-18-25-47-41(26-30)37-10-3-6-15-46(37)52-47/h1-25,27-28,30H,26H2. The minimum atomic E-state index is 0.338. The van der Waals surface area contributed by atoms with Crippen molar-refractivity contribution >= 4 is 105 Å². The van der Waals surface area contributed by atoms with Gasteiger partial charge in [0.2, 0.25) is 0 Å². The van der Waals surface area contributed by atoms with Crippen LogP contribution in [0.2, 0.25) is 0 Å². The van der Waals surface area contributed by atoms with E-state index in [2.05, 4.69) is 161 Å². The molecule has 1 aliphatic rings. The van der Waals surface area contributed by atoms with Gasteiger partial charge in [0.05, 0.1) is 16.6 Å². The summed E-state index contributed by atoms with van der Waals surface area (Å²) >= 11 is 1.90. The van der Waals surface area contributed by atoms with Gasteiger partial charge >= 0.3 is 0 Å². The summed E-state index contributed by atoms with van der Waals surface area (Å²) in [5.41, 5.74) is 11.7. The maximum atomic E-state index is 6.41. The molecular formula is C48H30N2OS. The van der Waals surface area contributed by atoms with Crippen molar-refractivity contribution in [1.29, 1.82) is 0 Å². The molecule has 244 valence electrons. The lowest BCUT2D eigenvalue weighted by Gasteiger charge is -2.26. The van der Waals surface area contributed by atoms with Crippen molar-refractivity contribution in [2.45, 2.75) is 12.3 Å². The second-order valence-electron chi connectivity index (χ2n) is 14.1. The lowest BCUT2D eigenvalue weighted by atomic mass is 9.87. The highest BCUT2D eigenvalue weighted by atomic mass is 32.1. The Hall–Kier alpha value is -6.36. The normalized spacial score (nSPS) is 14.6. The molecule has 4 heteroatoms. The largest absolute Gasteiger partial charge is 0.456 e. The fraction of sp³-hybridized carbons (Fsp3) is 0.0417. The molecule has 52 heavy (non-hydrogen) atoms. The minimum Gasteiger partial charge on any atom is -0.456 e. The Morgan fingerprint density at radius 2 is 1.21 bits per heavy atom. The molecule has 1 atom stereocenters. The molecule has 0 spiro atoms. The molecule has 0 aliphatic heterocycles. The molecule has 3 nitrogen and oxygen atoms in total. The molecule has 0 fully saturated rings. The third-order valence-corrected chi connectivity index (χ3v) is 12.5. The monoisotopic (exact) mass is 682 g/mol. The summed E-state index contributed by atoms with van der Waals surface area (Å²) in [6.45, 7) is 0. The number of furan rings is 1. The second kappa shape index (κ2) is 10.6. The molecule has 11 aromatic rings. The van der Waals surface area contributed by atoms with Crippen molar-refractivity contribution in [3.05, 3.63) is 174 Å². The maximum Gasteiger partial charge on any atom is 0.137 e. The fourth-order valence-corrected chi connectivity index (χ4v) is 10.1. The molecular weight excluding hydrogens is 653 g/mol. The van der Waals surface area contributed by atoms with Crippen LogP contribution in [0.25, 0.3) is 76.2 Å². The highest BCUT2D eigenvalue weighted by Crippen LogP contribution is 2.45. The van der Waals surface area contributed by atoms with Gasteiger partial charge in [0.1, 0.15) is 11.2 Å². The Kier molecular flexibility index (Phi) is 5.77. The Balaban J connectivity index is 1.01. The van der Waals surface area contributed by atoms with Gasteiger partial charge in [-0.25, -0.2) is 0 Å². The van der Waals surface area contributed by atoms with E-state index >= 15 is 0 Å². The minimum absolute atomic E-state index is 0.338. The molecule has 0 N–H and O–H groups in total. The van der Waals surface area contributed by atoms with Crippen molar-refractivity contribution < 1.29 is 4.42 Å². The first-order valence-electron chi connectivity index (χ1n) is 17.9. The first-order valence-corrected chi connectivity index (χ1v) is 18.8. The van der Waals surface area contributed by atoms with E-state index in [4.69, 9.17) is 4.42 Å². The Morgan fingerprint density at radius 1 is 0.538 bits per heavy atom. The van der Waals surface area contributed by atoms with Gasteiger partial charge in [-0.2, -0.15) is 0 Å². The van der Waals surface area contributed by atoms with Crippen LogP contribution < -0.4 is 4.90 Å². The van der Waals surface area contributed by atoms with Crippen molar-refractivity contribution in [2.75, 3.05) is 4.90 Å². The average Bonchev–Trinajstić information content (AvgIpc) is 3.95. The molecule has 0 saturated heterocycles. The zero-order valence-electron chi connectivity index (χ0n) is 28.1. The quantitative estimate of drug-likeness (QED) is 0.184. The number of hydrogen-bond donors (Lipinski definition) is 0. The van der Waals surface area contributed by atoms with Gasteiger partial charge in [-0.05, 0) is 89.7 Å². The zero-order valence-corrected chi connectivity index (χ0v) is 28.9. The van der Waals surface area contributed by atoms with Gasteiger partial charge in [-0.3, -0.25) is 0 Å². The number of thiophene rings is 1. The predicted octanol–water partition coefficient (Wildman–Crippen LogP) is 13.8. The van der Waals surface area contributed by atoms with Crippen molar-refractivity contribution in [2.24, 2.45) is 0 Å². The van der Waals surface area contributed by atoms with Crippen LogP contribution in [-0.2, 0) is 6.42 Å². The number of benzene rings is 7. The summed E-state index contributed by atoms with van der Waals surface area (Å²) in [5, 5.41) is 8.79. The van der Waals surface area contributed by atoms with Crippen molar-refractivity contribution in [3.63, 3.8) is 0 Å². The van der Waals surface area contributed by atoms with Crippen LogP contribution >= 0.6 is 11.3 Å². The van der Waals surface area contributed by atoms with Gasteiger partial charge in [0, 0.05) is 70.9 Å². The molecule has 1 aliphatic carbocycles. The summed E-state index contributed by atoms with van der Waals surface area (Å²) in [6, 6.07) is 55.4. The van der Waals surface area contributed by atoms with Crippen LogP contribution in [0.3, 0.4) is 0 Å². The fourth-order valence-electron chi connectivity index (χ4n) is 8.91. The first kappa shape index (κ1) is 28.3. The molecule has 7 aromatic carbocycles. The highest BCUT2D eigenvalue weighted by molar-refractivity contribution is 7.20. The molecule has 12 rings (SSSR count). The Bertz CT molecular complexity index is 3230. The lowest BCUT2D eigenvalue weighted by Crippen LogP contribution is -2.10. The lowest BCUT2D eigenvalue weighted by molar-refractivity contribution is 0.669. The number of nitrogens with zero attached hydrogens (tertiary/aromatic N) is 2. The summed E-state index contributed by atoms with van der Waals surface area (Å²) in [7, 11) is 0. The van der Waals surface area contributed by atoms with E-state index in [-0.39, 0.29) is 0 Å². The molecule has 0 amide bonds. The van der Waals surface area contributed by atoms with Gasteiger partial charge in [-0.1, -0.05) is 91.0 Å². The highest BCUT2D eigenvalue weighted by Gasteiger charge is 2.23. The average molecular weight is 683 g/mol. The van der Waals surface area contributed by atoms with E-state index in [9.17, 15) is 0 Å². The number of rotatable bonds is 4. The number of para-hydroxylation sites is 3. The van der Waals surface area contributed by atoms with E-state index < -0.39 is 0 Å². The van der Waals surface area contributed by atoms with Crippen LogP contribution in [0.1, 0.15) is 21.9 Å². The Morgan fingerprint density at radius 3 is 2.12 bits per heavy atom. The number of anilines is 3. The zero-order chi connectivity index (χ0) is 33.9. The van der Waals surface area contributed by atoms with Crippen molar-refractivity contribution in [1.82, 2.24) is 4.40 Å².